The minimum atomic E-state index is -3.98. The second-order valence-electron chi connectivity index (χ2n) is 4.28. The predicted octanol–water partition coefficient (Wildman–Crippen LogP) is 0.549. The summed E-state index contributed by atoms with van der Waals surface area (Å²) in [5.74, 6) is -1.28. The van der Waals surface area contributed by atoms with E-state index in [4.69, 9.17) is 16.7 Å². The van der Waals surface area contributed by atoms with E-state index in [0.29, 0.717) is 0 Å². The predicted molar refractivity (Wildman–Crippen MR) is 67.4 cm³/mol. The number of hydrogen-bond acceptors (Lipinski definition) is 4. The second kappa shape index (κ2) is 5.09. The van der Waals surface area contributed by atoms with Gasteiger partial charge in [-0.05, 0) is 18.2 Å². The summed E-state index contributed by atoms with van der Waals surface area (Å²) in [5.41, 5.74) is 0. The Morgan fingerprint density at radius 2 is 2.11 bits per heavy atom. The van der Waals surface area contributed by atoms with Crippen molar-refractivity contribution in [2.24, 2.45) is 0 Å². The highest BCUT2D eigenvalue weighted by Crippen LogP contribution is 2.27. The molecule has 104 valence electrons. The zero-order chi connectivity index (χ0) is 14.2. The van der Waals surface area contributed by atoms with Crippen LogP contribution in [-0.4, -0.2) is 47.6 Å². The molecule has 1 aliphatic rings. The first kappa shape index (κ1) is 14.3. The Balaban J connectivity index is 2.41. The molecular formula is C11H12ClNO5S. The number of rotatable bonds is 3. The van der Waals surface area contributed by atoms with Crippen molar-refractivity contribution in [3.05, 3.63) is 29.3 Å². The van der Waals surface area contributed by atoms with Gasteiger partial charge in [0.1, 0.15) is 6.04 Å². The molecule has 2 atom stereocenters. The lowest BCUT2D eigenvalue weighted by molar-refractivity contribution is -0.140. The van der Waals surface area contributed by atoms with Gasteiger partial charge in [0, 0.05) is 18.0 Å². The van der Waals surface area contributed by atoms with Crippen molar-refractivity contribution in [1.82, 2.24) is 4.31 Å². The first-order valence-electron chi connectivity index (χ1n) is 5.50. The number of benzene rings is 1. The van der Waals surface area contributed by atoms with Crippen molar-refractivity contribution in [3.8, 4) is 0 Å². The van der Waals surface area contributed by atoms with Gasteiger partial charge in [-0.1, -0.05) is 17.7 Å². The van der Waals surface area contributed by atoms with Gasteiger partial charge >= 0.3 is 5.97 Å². The van der Waals surface area contributed by atoms with E-state index >= 15 is 0 Å². The molecule has 1 saturated heterocycles. The maximum absolute atomic E-state index is 12.3. The number of carboxylic acids is 1. The molecule has 1 aromatic rings. The SMILES string of the molecule is O=C(O)[C@@H]1C[C@@H](O)CN1S(=O)(=O)c1cccc(Cl)c1. The summed E-state index contributed by atoms with van der Waals surface area (Å²) in [4.78, 5) is 11.0. The van der Waals surface area contributed by atoms with Gasteiger partial charge < -0.3 is 10.2 Å². The lowest BCUT2D eigenvalue weighted by atomic mass is 10.2. The highest BCUT2D eigenvalue weighted by molar-refractivity contribution is 7.89. The van der Waals surface area contributed by atoms with E-state index in [2.05, 4.69) is 0 Å². The average Bonchev–Trinajstić information content (AvgIpc) is 2.72. The molecule has 0 aromatic heterocycles. The Kier molecular flexibility index (Phi) is 3.82. The minimum Gasteiger partial charge on any atom is -0.480 e. The van der Waals surface area contributed by atoms with Crippen LogP contribution < -0.4 is 0 Å². The number of aliphatic hydroxyl groups excluding tert-OH is 1. The van der Waals surface area contributed by atoms with Crippen molar-refractivity contribution < 1.29 is 23.4 Å². The third-order valence-corrected chi connectivity index (χ3v) is 5.03. The fourth-order valence-corrected chi connectivity index (χ4v) is 3.97. The number of halogens is 1. The van der Waals surface area contributed by atoms with Crippen molar-refractivity contribution in [3.63, 3.8) is 0 Å². The largest absolute Gasteiger partial charge is 0.480 e. The van der Waals surface area contributed by atoms with Gasteiger partial charge in [-0.2, -0.15) is 4.31 Å². The van der Waals surface area contributed by atoms with Gasteiger partial charge in [-0.25, -0.2) is 8.42 Å². The van der Waals surface area contributed by atoms with Crippen LogP contribution in [0.5, 0.6) is 0 Å². The molecule has 0 bridgehead atoms. The van der Waals surface area contributed by atoms with E-state index < -0.39 is 28.1 Å². The van der Waals surface area contributed by atoms with E-state index in [1.54, 1.807) is 0 Å². The molecule has 8 heteroatoms. The average molecular weight is 306 g/mol. The van der Waals surface area contributed by atoms with Crippen LogP contribution in [0.25, 0.3) is 0 Å². The van der Waals surface area contributed by atoms with Crippen molar-refractivity contribution in [1.29, 1.82) is 0 Å². The standard InChI is InChI=1S/C11H12ClNO5S/c12-7-2-1-3-9(4-7)19(17,18)13-6-8(14)5-10(13)11(15)16/h1-4,8,10,14H,5-6H2,(H,15,16)/t8-,10+/m1/s1. The number of aliphatic carboxylic acids is 1. The number of aliphatic hydroxyl groups is 1. The van der Waals surface area contributed by atoms with Gasteiger partial charge in [-0.3, -0.25) is 4.79 Å². The lowest BCUT2D eigenvalue weighted by Crippen LogP contribution is -2.40. The van der Waals surface area contributed by atoms with Gasteiger partial charge in [0.05, 0.1) is 11.0 Å². The summed E-state index contributed by atoms with van der Waals surface area (Å²) in [5, 5.41) is 18.8. The summed E-state index contributed by atoms with van der Waals surface area (Å²) in [7, 11) is -3.98. The van der Waals surface area contributed by atoms with Gasteiger partial charge in [0.2, 0.25) is 10.0 Å². The molecule has 2 N–H and O–H groups in total. The fraction of sp³-hybridized carbons (Fsp3) is 0.364. The maximum Gasteiger partial charge on any atom is 0.322 e. The third-order valence-electron chi connectivity index (χ3n) is 2.92. The summed E-state index contributed by atoms with van der Waals surface area (Å²) >= 11 is 5.74. The van der Waals surface area contributed by atoms with Crippen LogP contribution in [0, 0.1) is 0 Å². The molecule has 0 unspecified atom stereocenters. The maximum atomic E-state index is 12.3. The molecule has 0 radical (unpaired) electrons. The van der Waals surface area contributed by atoms with Crippen LogP contribution in [0.4, 0.5) is 0 Å². The molecule has 1 fully saturated rings. The number of β-amino-alcohol motifs (C(OH)–C–C–N with tert-alkyl or cyclic N) is 1. The Morgan fingerprint density at radius 3 is 2.68 bits per heavy atom. The molecular weight excluding hydrogens is 294 g/mol. The Labute approximate surface area is 115 Å². The van der Waals surface area contributed by atoms with Crippen LogP contribution in [0.2, 0.25) is 5.02 Å². The molecule has 19 heavy (non-hydrogen) atoms. The van der Waals surface area contributed by atoms with Crippen LogP contribution >= 0.6 is 11.6 Å². The molecule has 0 amide bonds. The molecule has 1 aliphatic heterocycles. The van der Waals surface area contributed by atoms with E-state index in [1.807, 2.05) is 0 Å². The quantitative estimate of drug-likeness (QED) is 0.850. The number of carbonyl (C=O) groups is 1. The fourth-order valence-electron chi connectivity index (χ4n) is 2.04. The monoisotopic (exact) mass is 305 g/mol. The molecule has 2 rings (SSSR count). The van der Waals surface area contributed by atoms with E-state index in [1.165, 1.54) is 24.3 Å². The number of sulfonamides is 1. The molecule has 1 heterocycles. The highest BCUT2D eigenvalue weighted by Gasteiger charge is 2.43. The molecule has 0 aliphatic carbocycles. The number of nitrogens with zero attached hydrogens (tertiary/aromatic N) is 1. The topological polar surface area (TPSA) is 94.9 Å². The third kappa shape index (κ3) is 2.74. The first-order chi connectivity index (χ1) is 8.82. The Bertz CT molecular complexity index is 603. The van der Waals surface area contributed by atoms with E-state index in [0.717, 1.165) is 4.31 Å². The van der Waals surface area contributed by atoms with Crippen LogP contribution in [0.15, 0.2) is 29.2 Å². The number of hydrogen-bond donors (Lipinski definition) is 2. The zero-order valence-electron chi connectivity index (χ0n) is 9.73. The van der Waals surface area contributed by atoms with Crippen LogP contribution in [0.1, 0.15) is 6.42 Å². The van der Waals surface area contributed by atoms with Crippen molar-refractivity contribution >= 4 is 27.6 Å². The molecule has 1 aromatic carbocycles. The molecule has 6 nitrogen and oxygen atoms in total. The number of carboxylic acid groups (broad SMARTS) is 1. The summed E-state index contributed by atoms with van der Waals surface area (Å²) < 4.78 is 25.5. The highest BCUT2D eigenvalue weighted by atomic mass is 35.5. The van der Waals surface area contributed by atoms with Crippen LogP contribution in [0.3, 0.4) is 0 Å². The Morgan fingerprint density at radius 1 is 1.42 bits per heavy atom. The van der Waals surface area contributed by atoms with Gasteiger partial charge in [0.25, 0.3) is 0 Å². The lowest BCUT2D eigenvalue weighted by Gasteiger charge is -2.20. The zero-order valence-corrected chi connectivity index (χ0v) is 11.3. The molecule has 0 saturated carbocycles. The molecule has 0 spiro atoms. The van der Waals surface area contributed by atoms with E-state index in [9.17, 15) is 18.3 Å². The summed E-state index contributed by atoms with van der Waals surface area (Å²) in [6.07, 6.45) is -1.09. The van der Waals surface area contributed by atoms with E-state index in [-0.39, 0.29) is 22.9 Å². The van der Waals surface area contributed by atoms with Crippen LogP contribution in [-0.2, 0) is 14.8 Å². The Hall–Kier alpha value is -1.15. The van der Waals surface area contributed by atoms with Crippen molar-refractivity contribution in [2.45, 2.75) is 23.5 Å². The second-order valence-corrected chi connectivity index (χ2v) is 6.60. The first-order valence-corrected chi connectivity index (χ1v) is 7.32. The minimum absolute atomic E-state index is 0.0830. The smallest absolute Gasteiger partial charge is 0.322 e. The summed E-state index contributed by atoms with van der Waals surface area (Å²) in [6.45, 7) is -0.230. The summed E-state index contributed by atoms with van der Waals surface area (Å²) in [6, 6.07) is 4.33. The van der Waals surface area contributed by atoms with Gasteiger partial charge in [0.15, 0.2) is 0 Å². The van der Waals surface area contributed by atoms with Crippen molar-refractivity contribution in [2.75, 3.05) is 6.54 Å². The van der Waals surface area contributed by atoms with Gasteiger partial charge in [-0.15, -0.1) is 0 Å². The normalized spacial score (nSPS) is 24.5.